The molecule has 3 heteroatoms. The molecule has 2 aliphatic rings. The molecule has 0 aliphatic carbocycles. The predicted octanol–water partition coefficient (Wildman–Crippen LogP) is 2.19. The Morgan fingerprint density at radius 1 is 1.28 bits per heavy atom. The Morgan fingerprint density at radius 2 is 2.06 bits per heavy atom. The zero-order valence-corrected chi connectivity index (χ0v) is 11.2. The Hall–Kier alpha value is -0.930. The molecule has 2 bridgehead atoms. The summed E-state index contributed by atoms with van der Waals surface area (Å²) in [6.45, 7) is 0.911. The third kappa shape index (κ3) is 2.57. The van der Waals surface area contributed by atoms with E-state index < -0.39 is 0 Å². The molecule has 2 atom stereocenters. The van der Waals surface area contributed by atoms with Gasteiger partial charge in [0.05, 0.1) is 5.69 Å². The van der Waals surface area contributed by atoms with E-state index in [1.807, 2.05) is 12.3 Å². The number of hydrogen-bond acceptors (Lipinski definition) is 3. The van der Waals surface area contributed by atoms with E-state index in [0.29, 0.717) is 6.04 Å². The van der Waals surface area contributed by atoms with Crippen LogP contribution in [0.5, 0.6) is 0 Å². The number of aromatic nitrogens is 1. The van der Waals surface area contributed by atoms with Gasteiger partial charge < -0.3 is 10.2 Å². The molecule has 2 aliphatic heterocycles. The quantitative estimate of drug-likeness (QED) is 0.885. The second-order valence-corrected chi connectivity index (χ2v) is 5.77. The largest absolute Gasteiger partial charge is 0.308 e. The van der Waals surface area contributed by atoms with Crippen molar-refractivity contribution >= 4 is 0 Å². The lowest BCUT2D eigenvalue weighted by atomic mass is 9.82. The number of rotatable bonds is 3. The van der Waals surface area contributed by atoms with E-state index in [2.05, 4.69) is 34.4 Å². The maximum Gasteiger partial charge on any atom is 0.0541 e. The SMILES string of the molecule is CN1C2CCCC1CC(NCc1ccccn1)C2. The van der Waals surface area contributed by atoms with E-state index in [-0.39, 0.29) is 0 Å². The lowest BCUT2D eigenvalue weighted by molar-refractivity contribution is 0.0481. The van der Waals surface area contributed by atoms with Gasteiger partial charge in [-0.15, -0.1) is 0 Å². The Labute approximate surface area is 110 Å². The third-order valence-electron chi connectivity index (χ3n) is 4.64. The number of pyridine rings is 1. The van der Waals surface area contributed by atoms with Crippen LogP contribution in [0.15, 0.2) is 24.4 Å². The van der Waals surface area contributed by atoms with Gasteiger partial charge in [0.15, 0.2) is 0 Å². The van der Waals surface area contributed by atoms with Crippen LogP contribution in [0, 0.1) is 0 Å². The number of piperidine rings is 2. The van der Waals surface area contributed by atoms with Crippen LogP contribution in [0.1, 0.15) is 37.8 Å². The molecule has 1 N–H and O–H groups in total. The van der Waals surface area contributed by atoms with Gasteiger partial charge in [0.2, 0.25) is 0 Å². The van der Waals surface area contributed by atoms with Gasteiger partial charge in [0.25, 0.3) is 0 Å². The van der Waals surface area contributed by atoms with Crippen molar-refractivity contribution in [2.24, 2.45) is 0 Å². The smallest absolute Gasteiger partial charge is 0.0541 e. The third-order valence-corrected chi connectivity index (χ3v) is 4.64. The van der Waals surface area contributed by atoms with Crippen LogP contribution in [0.3, 0.4) is 0 Å². The van der Waals surface area contributed by atoms with Gasteiger partial charge in [0, 0.05) is 30.9 Å². The van der Waals surface area contributed by atoms with E-state index in [1.165, 1.54) is 32.1 Å². The van der Waals surface area contributed by atoms with Crippen LogP contribution < -0.4 is 5.32 Å². The van der Waals surface area contributed by atoms with Gasteiger partial charge >= 0.3 is 0 Å². The minimum atomic E-state index is 0.679. The van der Waals surface area contributed by atoms with Gasteiger partial charge in [-0.05, 0) is 44.9 Å². The summed E-state index contributed by atoms with van der Waals surface area (Å²) in [5, 5.41) is 3.70. The summed E-state index contributed by atoms with van der Waals surface area (Å²) in [5.74, 6) is 0. The van der Waals surface area contributed by atoms with Crippen LogP contribution in [0.2, 0.25) is 0 Å². The van der Waals surface area contributed by atoms with Crippen molar-refractivity contribution in [1.82, 2.24) is 15.2 Å². The lowest BCUT2D eigenvalue weighted by Gasteiger charge is -2.47. The van der Waals surface area contributed by atoms with Gasteiger partial charge in [-0.2, -0.15) is 0 Å². The van der Waals surface area contributed by atoms with Crippen LogP contribution in [0.4, 0.5) is 0 Å². The summed E-state index contributed by atoms with van der Waals surface area (Å²) < 4.78 is 0. The minimum Gasteiger partial charge on any atom is -0.308 e. The topological polar surface area (TPSA) is 28.2 Å². The van der Waals surface area contributed by atoms with E-state index in [1.54, 1.807) is 0 Å². The number of nitrogens with zero attached hydrogens (tertiary/aromatic N) is 2. The maximum absolute atomic E-state index is 4.38. The Bertz CT molecular complexity index is 365. The van der Waals surface area contributed by atoms with Crippen LogP contribution in [-0.2, 0) is 6.54 Å². The summed E-state index contributed by atoms with van der Waals surface area (Å²) in [5.41, 5.74) is 1.15. The minimum absolute atomic E-state index is 0.679. The van der Waals surface area contributed by atoms with Crippen molar-refractivity contribution in [2.75, 3.05) is 7.05 Å². The lowest BCUT2D eigenvalue weighted by Crippen LogP contribution is -2.54. The normalized spacial score (nSPS) is 32.4. The molecule has 0 spiro atoms. The van der Waals surface area contributed by atoms with Gasteiger partial charge in [-0.1, -0.05) is 12.5 Å². The highest BCUT2D eigenvalue weighted by atomic mass is 15.2. The predicted molar refractivity (Wildman–Crippen MR) is 73.3 cm³/mol. The molecule has 0 radical (unpaired) electrons. The molecule has 1 aromatic heterocycles. The Morgan fingerprint density at radius 3 is 2.72 bits per heavy atom. The summed E-state index contributed by atoms with van der Waals surface area (Å²) in [6, 6.07) is 8.43. The van der Waals surface area contributed by atoms with E-state index in [4.69, 9.17) is 0 Å². The second kappa shape index (κ2) is 5.37. The summed E-state index contributed by atoms with van der Waals surface area (Å²) >= 11 is 0. The maximum atomic E-state index is 4.38. The molecular weight excluding hydrogens is 222 g/mol. The zero-order valence-electron chi connectivity index (χ0n) is 11.2. The molecule has 3 nitrogen and oxygen atoms in total. The van der Waals surface area contributed by atoms with Crippen molar-refractivity contribution in [3.8, 4) is 0 Å². The molecule has 2 fully saturated rings. The van der Waals surface area contributed by atoms with Crippen molar-refractivity contribution < 1.29 is 0 Å². The van der Waals surface area contributed by atoms with Gasteiger partial charge in [-0.25, -0.2) is 0 Å². The molecule has 2 saturated heterocycles. The Balaban J connectivity index is 1.55. The first kappa shape index (κ1) is 12.1. The van der Waals surface area contributed by atoms with Crippen molar-refractivity contribution in [3.05, 3.63) is 30.1 Å². The molecule has 1 aromatic rings. The average molecular weight is 245 g/mol. The van der Waals surface area contributed by atoms with E-state index in [9.17, 15) is 0 Å². The van der Waals surface area contributed by atoms with Crippen molar-refractivity contribution in [2.45, 2.75) is 56.8 Å². The fourth-order valence-electron chi connectivity index (χ4n) is 3.53. The number of fused-ring (bicyclic) bond motifs is 2. The standard InChI is InChI=1S/C15H23N3/c1-18-14-6-4-7-15(18)10-13(9-14)17-11-12-5-2-3-8-16-12/h2-3,5,8,13-15,17H,4,6-7,9-11H2,1H3. The van der Waals surface area contributed by atoms with E-state index in [0.717, 1.165) is 24.3 Å². The molecular formula is C15H23N3. The fraction of sp³-hybridized carbons (Fsp3) is 0.667. The fourth-order valence-corrected chi connectivity index (χ4v) is 3.53. The molecule has 2 unspecified atom stereocenters. The van der Waals surface area contributed by atoms with Crippen LogP contribution >= 0.6 is 0 Å². The monoisotopic (exact) mass is 245 g/mol. The first-order valence-corrected chi connectivity index (χ1v) is 7.18. The summed E-state index contributed by atoms with van der Waals surface area (Å²) in [7, 11) is 2.31. The second-order valence-electron chi connectivity index (χ2n) is 5.77. The number of hydrogen-bond donors (Lipinski definition) is 1. The molecule has 98 valence electrons. The first-order chi connectivity index (χ1) is 8.83. The molecule has 0 aromatic carbocycles. The Kier molecular flexibility index (Phi) is 3.62. The van der Waals surface area contributed by atoms with Crippen molar-refractivity contribution in [3.63, 3.8) is 0 Å². The van der Waals surface area contributed by atoms with Gasteiger partial charge in [-0.3, -0.25) is 4.98 Å². The molecule has 18 heavy (non-hydrogen) atoms. The average Bonchev–Trinajstić information content (AvgIpc) is 2.38. The molecule has 0 amide bonds. The summed E-state index contributed by atoms with van der Waals surface area (Å²) in [6.07, 6.45) is 8.68. The molecule has 3 rings (SSSR count). The molecule has 0 saturated carbocycles. The van der Waals surface area contributed by atoms with Crippen molar-refractivity contribution in [1.29, 1.82) is 0 Å². The van der Waals surface area contributed by atoms with Crippen LogP contribution in [-0.4, -0.2) is 35.1 Å². The number of nitrogens with one attached hydrogen (secondary N) is 1. The highest BCUT2D eigenvalue weighted by Crippen LogP contribution is 2.32. The van der Waals surface area contributed by atoms with Gasteiger partial charge in [0.1, 0.15) is 0 Å². The van der Waals surface area contributed by atoms with E-state index >= 15 is 0 Å². The highest BCUT2D eigenvalue weighted by molar-refractivity contribution is 5.03. The zero-order chi connectivity index (χ0) is 12.4. The molecule has 3 heterocycles. The highest BCUT2D eigenvalue weighted by Gasteiger charge is 2.35. The summed E-state index contributed by atoms with van der Waals surface area (Å²) in [4.78, 5) is 6.99. The van der Waals surface area contributed by atoms with Crippen LogP contribution in [0.25, 0.3) is 0 Å². The first-order valence-electron chi connectivity index (χ1n) is 7.18.